The van der Waals surface area contributed by atoms with Gasteiger partial charge in [-0.2, -0.15) is 0 Å². The second kappa shape index (κ2) is 4.57. The van der Waals surface area contributed by atoms with Crippen molar-refractivity contribution >= 4 is 54.9 Å². The topological polar surface area (TPSA) is 17.1 Å². The van der Waals surface area contributed by atoms with E-state index in [4.69, 9.17) is 11.6 Å². The van der Waals surface area contributed by atoms with Gasteiger partial charge >= 0.3 is 0 Å². The zero-order valence-electron chi connectivity index (χ0n) is 9.57. The second-order valence-electron chi connectivity index (χ2n) is 3.88. The maximum atomic E-state index is 12.6. The minimum atomic E-state index is 0.0752. The van der Waals surface area contributed by atoms with Crippen LogP contribution in [0.1, 0.15) is 0 Å². The molecule has 3 rings (SSSR count). The smallest absolute Gasteiger partial charge is 0.197 e. The Bertz CT molecular complexity index is 808. The van der Waals surface area contributed by atoms with Crippen molar-refractivity contribution in [3.8, 4) is 0 Å². The summed E-state index contributed by atoms with van der Waals surface area (Å²) >= 11 is 9.33. The molecular formula is C14H9ClOS2. The van der Waals surface area contributed by atoms with Crippen LogP contribution in [0.2, 0.25) is 5.02 Å². The molecule has 0 atom stereocenters. The molecule has 0 radical (unpaired) electrons. The molecule has 18 heavy (non-hydrogen) atoms. The van der Waals surface area contributed by atoms with Crippen molar-refractivity contribution in [1.82, 2.24) is 0 Å². The standard InChI is InChI=1S/C14H9ClOS2/c1-17-14-9(15)6-7-11-12(14)13(16)8-4-2-3-5-10(8)18-11/h2-7H,1H3. The summed E-state index contributed by atoms with van der Waals surface area (Å²) in [5.41, 5.74) is 0.0752. The molecule has 0 saturated carbocycles. The van der Waals surface area contributed by atoms with Crippen molar-refractivity contribution in [1.29, 1.82) is 0 Å². The van der Waals surface area contributed by atoms with Gasteiger partial charge in [-0.15, -0.1) is 23.1 Å². The Kier molecular flexibility index (Phi) is 3.06. The van der Waals surface area contributed by atoms with E-state index in [-0.39, 0.29) is 5.43 Å². The highest BCUT2D eigenvalue weighted by Gasteiger charge is 2.12. The first-order valence-electron chi connectivity index (χ1n) is 5.40. The number of rotatable bonds is 1. The van der Waals surface area contributed by atoms with E-state index >= 15 is 0 Å². The SMILES string of the molecule is CSc1c(Cl)ccc2sc3ccccc3c(=O)c12. The fraction of sp³-hybridized carbons (Fsp3) is 0.0714. The van der Waals surface area contributed by atoms with Crippen LogP contribution < -0.4 is 5.43 Å². The summed E-state index contributed by atoms with van der Waals surface area (Å²) in [6.45, 7) is 0. The normalized spacial score (nSPS) is 11.2. The number of thioether (sulfide) groups is 1. The van der Waals surface area contributed by atoms with Crippen molar-refractivity contribution in [3.05, 3.63) is 51.6 Å². The zero-order valence-corrected chi connectivity index (χ0v) is 12.0. The van der Waals surface area contributed by atoms with Crippen LogP contribution in [0.25, 0.3) is 20.2 Å². The molecule has 0 saturated heterocycles. The summed E-state index contributed by atoms with van der Waals surface area (Å²) in [7, 11) is 0. The quantitative estimate of drug-likeness (QED) is 0.474. The van der Waals surface area contributed by atoms with Crippen molar-refractivity contribution in [2.75, 3.05) is 6.26 Å². The highest BCUT2D eigenvalue weighted by Crippen LogP contribution is 2.35. The minimum absolute atomic E-state index is 0.0752. The molecule has 0 aliphatic carbocycles. The Morgan fingerprint density at radius 2 is 1.89 bits per heavy atom. The van der Waals surface area contributed by atoms with Gasteiger partial charge in [0.25, 0.3) is 0 Å². The molecule has 4 heteroatoms. The second-order valence-corrected chi connectivity index (χ2v) is 6.19. The molecule has 0 fully saturated rings. The Labute approximate surface area is 117 Å². The van der Waals surface area contributed by atoms with Gasteiger partial charge < -0.3 is 0 Å². The summed E-state index contributed by atoms with van der Waals surface area (Å²) in [5, 5.41) is 2.17. The van der Waals surface area contributed by atoms with Gasteiger partial charge in [-0.25, -0.2) is 0 Å². The van der Waals surface area contributed by atoms with Gasteiger partial charge in [0.1, 0.15) is 0 Å². The lowest BCUT2D eigenvalue weighted by Crippen LogP contribution is -2.02. The number of fused-ring (bicyclic) bond motifs is 2. The maximum absolute atomic E-state index is 12.6. The summed E-state index contributed by atoms with van der Waals surface area (Å²) < 4.78 is 2.01. The highest BCUT2D eigenvalue weighted by molar-refractivity contribution is 7.99. The van der Waals surface area contributed by atoms with E-state index in [1.54, 1.807) is 11.3 Å². The van der Waals surface area contributed by atoms with E-state index in [9.17, 15) is 4.79 Å². The fourth-order valence-electron chi connectivity index (χ4n) is 2.04. The third kappa shape index (κ3) is 1.74. The van der Waals surface area contributed by atoms with Crippen molar-refractivity contribution < 1.29 is 0 Å². The van der Waals surface area contributed by atoms with Gasteiger partial charge in [0, 0.05) is 19.7 Å². The molecule has 1 aromatic heterocycles. The number of benzene rings is 2. The monoisotopic (exact) mass is 292 g/mol. The van der Waals surface area contributed by atoms with Gasteiger partial charge in [-0.3, -0.25) is 4.79 Å². The first-order chi connectivity index (χ1) is 8.72. The van der Waals surface area contributed by atoms with E-state index in [1.807, 2.05) is 42.7 Å². The molecular weight excluding hydrogens is 284 g/mol. The van der Waals surface area contributed by atoms with E-state index in [2.05, 4.69) is 0 Å². The lowest BCUT2D eigenvalue weighted by molar-refractivity contribution is 1.55. The van der Waals surface area contributed by atoms with Crippen LogP contribution in [0.3, 0.4) is 0 Å². The van der Waals surface area contributed by atoms with Gasteiger partial charge in [0.2, 0.25) is 0 Å². The van der Waals surface area contributed by atoms with E-state index < -0.39 is 0 Å². The van der Waals surface area contributed by atoms with Crippen LogP contribution in [0.15, 0.2) is 46.1 Å². The Hall–Kier alpha value is -1.03. The highest BCUT2D eigenvalue weighted by atomic mass is 35.5. The van der Waals surface area contributed by atoms with Crippen LogP contribution in [0.4, 0.5) is 0 Å². The van der Waals surface area contributed by atoms with E-state index in [0.29, 0.717) is 5.02 Å². The fourth-order valence-corrected chi connectivity index (χ4v) is 4.25. The molecule has 0 aliphatic heterocycles. The third-order valence-corrected chi connectivity index (χ3v) is 5.25. The maximum Gasteiger partial charge on any atom is 0.197 e. The Morgan fingerprint density at radius 3 is 2.67 bits per heavy atom. The van der Waals surface area contributed by atoms with Gasteiger partial charge in [-0.05, 0) is 30.5 Å². The third-order valence-electron chi connectivity index (χ3n) is 2.85. The number of halogens is 1. The number of hydrogen-bond acceptors (Lipinski definition) is 3. The zero-order chi connectivity index (χ0) is 12.7. The molecule has 1 heterocycles. The Morgan fingerprint density at radius 1 is 1.11 bits per heavy atom. The summed E-state index contributed by atoms with van der Waals surface area (Å²) in [6.07, 6.45) is 1.94. The van der Waals surface area contributed by atoms with Crippen LogP contribution in [0, 0.1) is 0 Å². The molecule has 2 aromatic carbocycles. The molecule has 3 aromatic rings. The van der Waals surface area contributed by atoms with Crippen molar-refractivity contribution in [3.63, 3.8) is 0 Å². The lowest BCUT2D eigenvalue weighted by atomic mass is 10.2. The molecule has 0 aliphatic rings. The molecule has 0 N–H and O–H groups in total. The minimum Gasteiger partial charge on any atom is -0.288 e. The Balaban J connectivity index is 2.61. The summed E-state index contributed by atoms with van der Waals surface area (Å²) in [6, 6.07) is 11.5. The van der Waals surface area contributed by atoms with Gasteiger partial charge in [0.15, 0.2) is 5.43 Å². The summed E-state index contributed by atoms with van der Waals surface area (Å²) in [4.78, 5) is 13.4. The van der Waals surface area contributed by atoms with Gasteiger partial charge in [0.05, 0.1) is 10.4 Å². The van der Waals surface area contributed by atoms with Crippen LogP contribution in [-0.2, 0) is 0 Å². The molecule has 1 nitrogen and oxygen atoms in total. The predicted octanol–water partition coefficient (Wildman–Crippen LogP) is 4.79. The van der Waals surface area contributed by atoms with Crippen molar-refractivity contribution in [2.24, 2.45) is 0 Å². The molecule has 0 unspecified atom stereocenters. The van der Waals surface area contributed by atoms with Crippen LogP contribution >= 0.6 is 34.7 Å². The summed E-state index contributed by atoms with van der Waals surface area (Å²) in [5.74, 6) is 0. The largest absolute Gasteiger partial charge is 0.288 e. The average Bonchev–Trinajstić information content (AvgIpc) is 2.40. The molecule has 0 spiro atoms. The molecule has 0 bridgehead atoms. The van der Waals surface area contributed by atoms with E-state index in [0.717, 1.165) is 25.1 Å². The molecule has 90 valence electrons. The van der Waals surface area contributed by atoms with E-state index in [1.165, 1.54) is 11.8 Å². The predicted molar refractivity (Wildman–Crippen MR) is 82.4 cm³/mol. The van der Waals surface area contributed by atoms with Gasteiger partial charge in [-0.1, -0.05) is 23.7 Å². The first-order valence-corrected chi connectivity index (χ1v) is 7.82. The number of hydrogen-bond donors (Lipinski definition) is 0. The average molecular weight is 293 g/mol. The van der Waals surface area contributed by atoms with Crippen LogP contribution in [0.5, 0.6) is 0 Å². The lowest BCUT2D eigenvalue weighted by Gasteiger charge is -2.06. The molecule has 0 amide bonds. The first kappa shape index (κ1) is 12.0. The van der Waals surface area contributed by atoms with Crippen LogP contribution in [-0.4, -0.2) is 6.26 Å². The van der Waals surface area contributed by atoms with Crippen molar-refractivity contribution in [2.45, 2.75) is 4.90 Å².